The molecular formula is C14H19ClFN3O2. The van der Waals surface area contributed by atoms with Crippen LogP contribution in [0, 0.1) is 5.82 Å². The van der Waals surface area contributed by atoms with Crippen LogP contribution in [0.1, 0.15) is 20.8 Å². The van der Waals surface area contributed by atoms with Gasteiger partial charge < -0.3 is 15.5 Å². The number of urea groups is 1. The third-order valence-electron chi connectivity index (χ3n) is 2.41. The van der Waals surface area contributed by atoms with Crippen molar-refractivity contribution < 1.29 is 14.0 Å². The smallest absolute Gasteiger partial charge is 0.322 e. The number of anilines is 1. The molecule has 0 fully saturated rings. The highest BCUT2D eigenvalue weighted by molar-refractivity contribution is 6.30. The molecule has 0 spiro atoms. The van der Waals surface area contributed by atoms with Gasteiger partial charge in [-0.15, -0.1) is 0 Å². The molecule has 1 aromatic carbocycles. The molecule has 0 atom stereocenters. The molecule has 7 heteroatoms. The highest BCUT2D eigenvalue weighted by Gasteiger charge is 2.18. The molecule has 1 rings (SSSR count). The Morgan fingerprint density at radius 1 is 1.33 bits per heavy atom. The summed E-state index contributed by atoms with van der Waals surface area (Å²) in [5, 5.41) is 5.41. The summed E-state index contributed by atoms with van der Waals surface area (Å²) in [7, 11) is 1.44. The van der Waals surface area contributed by atoms with Crippen molar-refractivity contribution in [2.24, 2.45) is 0 Å². The average molecular weight is 316 g/mol. The van der Waals surface area contributed by atoms with Gasteiger partial charge in [0, 0.05) is 17.6 Å². The van der Waals surface area contributed by atoms with Gasteiger partial charge in [0.15, 0.2) is 0 Å². The number of hydrogen-bond acceptors (Lipinski definition) is 2. The van der Waals surface area contributed by atoms with Gasteiger partial charge in [-0.2, -0.15) is 0 Å². The van der Waals surface area contributed by atoms with Crippen LogP contribution in [0.4, 0.5) is 14.9 Å². The first-order valence-electron chi connectivity index (χ1n) is 6.36. The van der Waals surface area contributed by atoms with E-state index in [4.69, 9.17) is 11.6 Å². The van der Waals surface area contributed by atoms with Crippen LogP contribution in [0.15, 0.2) is 18.2 Å². The van der Waals surface area contributed by atoms with Crippen LogP contribution in [0.25, 0.3) is 0 Å². The van der Waals surface area contributed by atoms with Gasteiger partial charge in [-0.25, -0.2) is 9.18 Å². The van der Waals surface area contributed by atoms with Gasteiger partial charge in [-0.3, -0.25) is 4.79 Å². The van der Waals surface area contributed by atoms with Gasteiger partial charge in [-0.1, -0.05) is 11.6 Å². The Kier molecular flexibility index (Phi) is 5.54. The molecule has 0 aliphatic rings. The van der Waals surface area contributed by atoms with Crippen molar-refractivity contribution in [2.45, 2.75) is 26.3 Å². The minimum absolute atomic E-state index is 0.0319. The highest BCUT2D eigenvalue weighted by Crippen LogP contribution is 2.19. The van der Waals surface area contributed by atoms with E-state index < -0.39 is 11.8 Å². The van der Waals surface area contributed by atoms with Crippen LogP contribution in [-0.2, 0) is 4.79 Å². The predicted octanol–water partition coefficient (Wildman–Crippen LogP) is 2.86. The Labute approximate surface area is 128 Å². The van der Waals surface area contributed by atoms with Gasteiger partial charge in [0.05, 0.1) is 5.69 Å². The van der Waals surface area contributed by atoms with E-state index in [1.54, 1.807) is 0 Å². The maximum atomic E-state index is 13.5. The largest absolute Gasteiger partial charge is 0.350 e. The molecule has 0 heterocycles. The number of amides is 3. The van der Waals surface area contributed by atoms with Crippen LogP contribution in [0.2, 0.25) is 5.02 Å². The van der Waals surface area contributed by atoms with Gasteiger partial charge >= 0.3 is 6.03 Å². The maximum Gasteiger partial charge on any atom is 0.322 e. The minimum atomic E-state index is -0.597. The first-order valence-corrected chi connectivity index (χ1v) is 6.74. The number of likely N-dealkylation sites (N-methyl/N-ethyl adjacent to an activating group) is 1. The van der Waals surface area contributed by atoms with E-state index >= 15 is 0 Å². The average Bonchev–Trinajstić information content (AvgIpc) is 2.31. The number of nitrogens with one attached hydrogen (secondary N) is 2. The Morgan fingerprint density at radius 2 is 1.95 bits per heavy atom. The summed E-state index contributed by atoms with van der Waals surface area (Å²) in [5.41, 5.74) is -0.413. The molecular weight excluding hydrogens is 297 g/mol. The van der Waals surface area contributed by atoms with E-state index in [2.05, 4.69) is 10.6 Å². The summed E-state index contributed by atoms with van der Waals surface area (Å²) in [5.74, 6) is -0.896. The second kappa shape index (κ2) is 6.76. The standard InChI is InChI=1S/C14H19ClFN3O2/c1-14(2,3)18-12(20)8-19(4)13(21)17-11-7-9(15)5-6-10(11)16/h5-7H,8H2,1-4H3,(H,17,21)(H,18,20). The summed E-state index contributed by atoms with van der Waals surface area (Å²) in [6.45, 7) is 5.39. The van der Waals surface area contributed by atoms with Crippen molar-refractivity contribution in [2.75, 3.05) is 18.9 Å². The Morgan fingerprint density at radius 3 is 2.52 bits per heavy atom. The summed E-state index contributed by atoms with van der Waals surface area (Å²) >= 11 is 5.74. The van der Waals surface area contributed by atoms with Crippen LogP contribution < -0.4 is 10.6 Å². The fourth-order valence-corrected chi connectivity index (χ4v) is 1.72. The molecule has 0 unspecified atom stereocenters. The van der Waals surface area contributed by atoms with Gasteiger partial charge in [0.2, 0.25) is 5.91 Å². The number of nitrogens with zero attached hydrogens (tertiary/aromatic N) is 1. The first kappa shape index (κ1) is 17.2. The molecule has 0 aromatic heterocycles. The Hall–Kier alpha value is -1.82. The highest BCUT2D eigenvalue weighted by atomic mass is 35.5. The topological polar surface area (TPSA) is 61.4 Å². The zero-order valence-corrected chi connectivity index (χ0v) is 13.2. The maximum absolute atomic E-state index is 13.5. The van der Waals surface area contributed by atoms with Gasteiger partial charge in [0.1, 0.15) is 12.4 Å². The molecule has 1 aromatic rings. The van der Waals surface area contributed by atoms with Gasteiger partial charge in [0.25, 0.3) is 0 Å². The normalized spacial score (nSPS) is 11.0. The lowest BCUT2D eigenvalue weighted by Gasteiger charge is -2.23. The van der Waals surface area contributed by atoms with E-state index in [1.165, 1.54) is 19.2 Å². The van der Waals surface area contributed by atoms with Crippen LogP contribution >= 0.6 is 11.6 Å². The molecule has 0 aliphatic carbocycles. The third-order valence-corrected chi connectivity index (χ3v) is 2.65. The summed E-state index contributed by atoms with van der Waals surface area (Å²) < 4.78 is 13.5. The number of rotatable bonds is 3. The molecule has 3 amide bonds. The van der Waals surface area contributed by atoms with E-state index in [9.17, 15) is 14.0 Å². The van der Waals surface area contributed by atoms with Gasteiger partial charge in [-0.05, 0) is 39.0 Å². The second-order valence-electron chi connectivity index (χ2n) is 5.71. The fraction of sp³-hybridized carbons (Fsp3) is 0.429. The van der Waals surface area contributed by atoms with E-state index in [0.29, 0.717) is 5.02 Å². The summed E-state index contributed by atoms with van der Waals surface area (Å²) in [4.78, 5) is 24.8. The number of carbonyl (C=O) groups excluding carboxylic acids is 2. The SMILES string of the molecule is CN(CC(=O)NC(C)(C)C)C(=O)Nc1cc(Cl)ccc1F. The van der Waals surface area contributed by atoms with Crippen molar-refractivity contribution in [1.29, 1.82) is 0 Å². The van der Waals surface area contributed by atoms with Crippen molar-refractivity contribution in [3.05, 3.63) is 29.0 Å². The molecule has 116 valence electrons. The van der Waals surface area contributed by atoms with Crippen LogP contribution in [0.5, 0.6) is 0 Å². The molecule has 0 saturated heterocycles. The third kappa shape index (κ3) is 5.99. The fourth-order valence-electron chi connectivity index (χ4n) is 1.55. The minimum Gasteiger partial charge on any atom is -0.350 e. The van der Waals surface area contributed by atoms with E-state index in [1.807, 2.05) is 20.8 Å². The second-order valence-corrected chi connectivity index (χ2v) is 6.14. The number of hydrogen-bond donors (Lipinski definition) is 2. The monoisotopic (exact) mass is 315 g/mol. The van der Waals surface area contributed by atoms with Crippen molar-refractivity contribution >= 4 is 29.2 Å². The zero-order valence-electron chi connectivity index (χ0n) is 12.5. The number of carbonyl (C=O) groups is 2. The summed E-state index contributed by atoms with van der Waals surface area (Å²) in [6.07, 6.45) is 0. The Balaban J connectivity index is 2.63. The van der Waals surface area contributed by atoms with E-state index in [0.717, 1.165) is 11.0 Å². The summed E-state index contributed by atoms with van der Waals surface area (Å²) in [6, 6.07) is 3.25. The number of halogens is 2. The zero-order chi connectivity index (χ0) is 16.2. The molecule has 5 nitrogen and oxygen atoms in total. The van der Waals surface area contributed by atoms with Crippen LogP contribution in [-0.4, -0.2) is 36.0 Å². The van der Waals surface area contributed by atoms with Crippen LogP contribution in [0.3, 0.4) is 0 Å². The molecule has 21 heavy (non-hydrogen) atoms. The predicted molar refractivity (Wildman–Crippen MR) is 81.0 cm³/mol. The quantitative estimate of drug-likeness (QED) is 0.901. The molecule has 0 bridgehead atoms. The molecule has 2 N–H and O–H groups in total. The Bertz CT molecular complexity index is 544. The lowest BCUT2D eigenvalue weighted by atomic mass is 10.1. The lowest BCUT2D eigenvalue weighted by molar-refractivity contribution is -0.122. The first-order chi connectivity index (χ1) is 9.58. The molecule has 0 aliphatic heterocycles. The lowest BCUT2D eigenvalue weighted by Crippen LogP contribution is -2.47. The van der Waals surface area contributed by atoms with Crippen molar-refractivity contribution in [3.63, 3.8) is 0 Å². The number of benzene rings is 1. The van der Waals surface area contributed by atoms with Crippen molar-refractivity contribution in [3.8, 4) is 0 Å². The molecule has 0 saturated carbocycles. The van der Waals surface area contributed by atoms with E-state index in [-0.39, 0.29) is 23.7 Å². The molecule has 0 radical (unpaired) electrons. The van der Waals surface area contributed by atoms with Crippen molar-refractivity contribution in [1.82, 2.24) is 10.2 Å².